The molecule has 0 aliphatic rings. The Kier molecular flexibility index (Phi) is 72.4. The molecule has 0 heterocycles. The number of phosphoric acid groups is 2. The minimum atomic E-state index is -5.01. The molecule has 0 spiro atoms. The third-order valence-electron chi connectivity index (χ3n) is 16.3. The Bertz CT molecular complexity index is 2540. The largest absolute Gasteiger partial charge is 0.472 e. The fourth-order valence-electron chi connectivity index (χ4n) is 10.3. The number of allylic oxidation sites excluding steroid dienone is 23. The van der Waals surface area contributed by atoms with E-state index >= 15 is 0 Å². The highest BCUT2D eigenvalue weighted by atomic mass is 31.2. The summed E-state index contributed by atoms with van der Waals surface area (Å²) in [5, 5.41) is 10.6. The van der Waals surface area contributed by atoms with E-state index in [-0.39, 0.29) is 25.7 Å². The zero-order chi connectivity index (χ0) is 76.0. The molecule has 5 atom stereocenters. The van der Waals surface area contributed by atoms with Gasteiger partial charge in [-0.1, -0.05) is 302 Å². The highest BCUT2D eigenvalue weighted by Crippen LogP contribution is 2.45. The van der Waals surface area contributed by atoms with Crippen LogP contribution in [0, 0.1) is 0 Å². The molecule has 5 unspecified atom stereocenters. The van der Waals surface area contributed by atoms with Crippen LogP contribution in [0.25, 0.3) is 0 Å². The predicted molar refractivity (Wildman–Crippen MR) is 427 cm³/mol. The van der Waals surface area contributed by atoms with Gasteiger partial charge in [0, 0.05) is 19.3 Å². The fourth-order valence-corrected chi connectivity index (χ4v) is 11.9. The molecule has 594 valence electrons. The summed E-state index contributed by atoms with van der Waals surface area (Å²) in [6, 6.07) is 0. The number of unbranched alkanes of at least 4 members (excludes halogenated alkanes) is 25. The molecule has 0 radical (unpaired) electrons. The number of carbonyl (C=O) groups is 4. The van der Waals surface area contributed by atoms with Gasteiger partial charge in [-0.05, 0) is 128 Å². The molecule has 0 fully saturated rings. The zero-order valence-electron chi connectivity index (χ0n) is 64.9. The normalized spacial score (nSPS) is 14.6. The Balaban J connectivity index is 5.39. The van der Waals surface area contributed by atoms with Gasteiger partial charge in [0.1, 0.15) is 19.3 Å². The molecule has 19 heteroatoms. The highest BCUT2D eigenvalue weighted by Gasteiger charge is 2.30. The minimum Gasteiger partial charge on any atom is -0.462 e. The van der Waals surface area contributed by atoms with Crippen LogP contribution in [0.4, 0.5) is 0 Å². The van der Waals surface area contributed by atoms with Crippen molar-refractivity contribution >= 4 is 39.5 Å². The standard InChI is InChI=1S/C85H142O17P2/c1-5-9-13-17-21-25-29-32-35-37-39-41-44-46-50-53-57-61-65-69-82(87)95-75-80(101-84(89)71-67-63-59-55-49-28-24-20-16-12-8-4)77-99-103(91,92)97-73-79(86)74-98-104(93,94)100-78-81(102-85(90)72-68-64-60-56-52-48-43-34-31-27-23-19-15-11-7-3)76-96-83(88)70-66-62-58-54-51-47-45-42-40-38-36-33-30-26-22-18-14-10-6-2/h9,11,13,15,21-23,25-27,32-36,39-43,52,56,64,68,79-81,86H,5-8,10,12,14,16-20,24,28-31,37-38,44-51,53-55,57-63,65-67,69-78H2,1-4H3,(H,91,92)(H,93,94)/b13-9-,15-11-,25-21-,26-22-,27-23-,35-32-,36-33-,41-39-,42-40-,43-34-,56-52-,68-64-. The summed E-state index contributed by atoms with van der Waals surface area (Å²) < 4.78 is 68.4. The van der Waals surface area contributed by atoms with Crippen molar-refractivity contribution in [2.24, 2.45) is 0 Å². The van der Waals surface area contributed by atoms with Gasteiger partial charge in [-0.15, -0.1) is 0 Å². The number of ether oxygens (including phenoxy) is 4. The highest BCUT2D eigenvalue weighted by molar-refractivity contribution is 7.47. The van der Waals surface area contributed by atoms with E-state index < -0.39 is 97.5 Å². The van der Waals surface area contributed by atoms with Crippen LogP contribution in [0.5, 0.6) is 0 Å². The van der Waals surface area contributed by atoms with Crippen LogP contribution in [-0.4, -0.2) is 96.7 Å². The van der Waals surface area contributed by atoms with E-state index in [0.717, 1.165) is 173 Å². The lowest BCUT2D eigenvalue weighted by Crippen LogP contribution is -2.30. The Morgan fingerprint density at radius 3 is 0.875 bits per heavy atom. The Labute approximate surface area is 630 Å². The maximum atomic E-state index is 13.1. The first-order valence-corrected chi connectivity index (χ1v) is 43.1. The molecule has 0 saturated carbocycles. The monoisotopic (exact) mass is 1500 g/mol. The average Bonchev–Trinajstić information content (AvgIpc) is 0.924. The maximum absolute atomic E-state index is 13.1. The van der Waals surface area contributed by atoms with E-state index in [2.05, 4.69) is 149 Å². The van der Waals surface area contributed by atoms with Crippen molar-refractivity contribution in [1.82, 2.24) is 0 Å². The van der Waals surface area contributed by atoms with Crippen molar-refractivity contribution in [3.05, 3.63) is 146 Å². The molecule has 3 N–H and O–H groups in total. The minimum absolute atomic E-state index is 0.0878. The first-order chi connectivity index (χ1) is 50.7. The number of phosphoric ester groups is 2. The number of aliphatic hydroxyl groups excluding tert-OH is 1. The lowest BCUT2D eigenvalue weighted by atomic mass is 10.1. The number of carbonyl (C=O) groups excluding carboxylic acids is 4. The van der Waals surface area contributed by atoms with Crippen LogP contribution in [-0.2, 0) is 65.4 Å². The molecule has 104 heavy (non-hydrogen) atoms. The Morgan fingerprint density at radius 2 is 0.538 bits per heavy atom. The summed E-state index contributed by atoms with van der Waals surface area (Å²) in [6.45, 7) is 4.47. The lowest BCUT2D eigenvalue weighted by Gasteiger charge is -2.21. The van der Waals surface area contributed by atoms with Crippen LogP contribution in [0.15, 0.2) is 146 Å². The van der Waals surface area contributed by atoms with Gasteiger partial charge in [0.05, 0.1) is 32.8 Å². The van der Waals surface area contributed by atoms with Gasteiger partial charge < -0.3 is 33.8 Å². The van der Waals surface area contributed by atoms with Crippen molar-refractivity contribution < 1.29 is 80.2 Å². The smallest absolute Gasteiger partial charge is 0.462 e. The van der Waals surface area contributed by atoms with Crippen LogP contribution in [0.1, 0.15) is 310 Å². The summed E-state index contributed by atoms with van der Waals surface area (Å²) in [6.07, 6.45) is 87.2. The zero-order valence-corrected chi connectivity index (χ0v) is 66.7. The Hall–Kier alpha value is -5.06. The molecule has 0 amide bonds. The average molecular weight is 1500 g/mol. The second kappa shape index (κ2) is 76.1. The first kappa shape index (κ1) is 98.9. The molecule has 17 nitrogen and oxygen atoms in total. The number of hydrogen-bond acceptors (Lipinski definition) is 15. The van der Waals surface area contributed by atoms with Crippen molar-refractivity contribution in [3.63, 3.8) is 0 Å². The summed E-state index contributed by atoms with van der Waals surface area (Å²) in [5.74, 6) is -2.35. The summed E-state index contributed by atoms with van der Waals surface area (Å²) in [4.78, 5) is 72.9. The number of esters is 4. The summed E-state index contributed by atoms with van der Waals surface area (Å²) in [7, 11) is -10.00. The van der Waals surface area contributed by atoms with E-state index in [1.807, 2.05) is 12.2 Å². The lowest BCUT2D eigenvalue weighted by molar-refractivity contribution is -0.161. The second-order valence-corrected chi connectivity index (χ2v) is 29.2. The number of rotatable bonds is 74. The maximum Gasteiger partial charge on any atom is 0.472 e. The van der Waals surface area contributed by atoms with Crippen molar-refractivity contribution in [3.8, 4) is 0 Å². The third kappa shape index (κ3) is 75.2. The van der Waals surface area contributed by atoms with E-state index in [0.29, 0.717) is 25.7 Å². The number of aliphatic hydroxyl groups is 1. The fraction of sp³-hybridized carbons (Fsp3) is 0.671. The molecular formula is C85H142O17P2. The molecule has 0 saturated heterocycles. The van der Waals surface area contributed by atoms with Crippen molar-refractivity contribution in [2.45, 2.75) is 329 Å². The SMILES string of the molecule is CC/C=C\C/C=C\C/C=C\C/C=C\C/C=C\CC(=O)OC(COC(=O)CCCCCCCC/C=C\C/C=C\C/C=C\CCCCC)COP(=O)(O)OCC(O)COP(=O)(O)OCC(COC(=O)CCCCCCCC/C=C\C/C=C\C/C=C\C/C=C\CC)OC(=O)CCCCCCCCCCCCC. The summed E-state index contributed by atoms with van der Waals surface area (Å²) in [5.41, 5.74) is 0. The van der Waals surface area contributed by atoms with Crippen molar-refractivity contribution in [2.75, 3.05) is 39.6 Å². The van der Waals surface area contributed by atoms with Crippen LogP contribution in [0.2, 0.25) is 0 Å². The molecule has 0 aromatic carbocycles. The first-order valence-electron chi connectivity index (χ1n) is 40.1. The Morgan fingerprint density at radius 1 is 0.288 bits per heavy atom. The van der Waals surface area contributed by atoms with Gasteiger partial charge in [-0.3, -0.25) is 37.3 Å². The van der Waals surface area contributed by atoms with E-state index in [1.165, 1.54) is 57.8 Å². The van der Waals surface area contributed by atoms with Crippen molar-refractivity contribution in [1.29, 1.82) is 0 Å². The van der Waals surface area contributed by atoms with Gasteiger partial charge in [0.15, 0.2) is 12.2 Å². The number of hydrogen-bond donors (Lipinski definition) is 3. The molecule has 0 aromatic rings. The molecule has 0 rings (SSSR count). The van der Waals surface area contributed by atoms with Crippen LogP contribution >= 0.6 is 15.6 Å². The van der Waals surface area contributed by atoms with Crippen LogP contribution in [0.3, 0.4) is 0 Å². The second-order valence-electron chi connectivity index (χ2n) is 26.3. The quantitative estimate of drug-likeness (QED) is 0.0169. The van der Waals surface area contributed by atoms with E-state index in [4.69, 9.17) is 37.0 Å². The van der Waals surface area contributed by atoms with E-state index in [9.17, 15) is 43.2 Å². The van der Waals surface area contributed by atoms with Gasteiger partial charge in [0.25, 0.3) is 0 Å². The van der Waals surface area contributed by atoms with E-state index in [1.54, 1.807) is 12.2 Å². The van der Waals surface area contributed by atoms with Gasteiger partial charge in [0.2, 0.25) is 0 Å². The van der Waals surface area contributed by atoms with Crippen LogP contribution < -0.4 is 0 Å². The third-order valence-corrected chi connectivity index (χ3v) is 18.2. The van der Waals surface area contributed by atoms with Gasteiger partial charge >= 0.3 is 39.5 Å². The topological polar surface area (TPSA) is 237 Å². The molecule has 0 aliphatic heterocycles. The molecule has 0 aromatic heterocycles. The molecule has 0 aliphatic carbocycles. The molecule has 0 bridgehead atoms. The van der Waals surface area contributed by atoms with Gasteiger partial charge in [-0.25, -0.2) is 9.13 Å². The van der Waals surface area contributed by atoms with Gasteiger partial charge in [-0.2, -0.15) is 0 Å². The predicted octanol–water partition coefficient (Wildman–Crippen LogP) is 23.4. The molecular weight excluding hydrogens is 1350 g/mol. The summed E-state index contributed by atoms with van der Waals surface area (Å²) >= 11 is 0.